The number of hydrogen-bond acceptors (Lipinski definition) is 3. The summed E-state index contributed by atoms with van der Waals surface area (Å²) in [6, 6.07) is 23.9. The number of hydrazone groups is 1. The number of carbonyl (C=O) groups excluding carboxylic acids is 2. The lowest BCUT2D eigenvalue weighted by molar-refractivity contribution is -0.124. The van der Waals surface area contributed by atoms with Gasteiger partial charge in [0.2, 0.25) is 11.8 Å². The Balaban J connectivity index is 1.48. The summed E-state index contributed by atoms with van der Waals surface area (Å²) in [7, 11) is 0. The zero-order valence-corrected chi connectivity index (χ0v) is 18.1. The van der Waals surface area contributed by atoms with Crippen LogP contribution in [0.4, 0.5) is 5.69 Å². The maximum absolute atomic E-state index is 12.1. The van der Waals surface area contributed by atoms with Crippen LogP contribution in [0, 0.1) is 13.8 Å². The molecule has 0 aliphatic carbocycles. The van der Waals surface area contributed by atoms with Crippen molar-refractivity contribution in [1.82, 2.24) is 5.43 Å². The first-order valence-corrected chi connectivity index (χ1v) is 10.3. The fourth-order valence-corrected chi connectivity index (χ4v) is 3.07. The highest BCUT2D eigenvalue weighted by molar-refractivity contribution is 6.00. The summed E-state index contributed by atoms with van der Waals surface area (Å²) in [6.45, 7) is 5.85. The van der Waals surface area contributed by atoms with Crippen molar-refractivity contribution in [3.05, 3.63) is 89.5 Å². The highest BCUT2D eigenvalue weighted by atomic mass is 16.2. The van der Waals surface area contributed by atoms with Gasteiger partial charge >= 0.3 is 0 Å². The molecule has 0 saturated carbocycles. The van der Waals surface area contributed by atoms with E-state index in [0.717, 1.165) is 27.9 Å². The monoisotopic (exact) mass is 413 g/mol. The van der Waals surface area contributed by atoms with Crippen molar-refractivity contribution in [3.63, 3.8) is 0 Å². The van der Waals surface area contributed by atoms with Crippen LogP contribution in [-0.2, 0) is 9.59 Å². The maximum Gasteiger partial charge on any atom is 0.240 e. The highest BCUT2D eigenvalue weighted by Gasteiger charge is 2.08. The van der Waals surface area contributed by atoms with Crippen molar-refractivity contribution in [3.8, 4) is 11.1 Å². The molecule has 3 aromatic rings. The van der Waals surface area contributed by atoms with E-state index in [2.05, 4.69) is 28.0 Å². The molecule has 0 unspecified atom stereocenters. The van der Waals surface area contributed by atoms with E-state index in [1.807, 2.05) is 81.4 Å². The van der Waals surface area contributed by atoms with Crippen molar-refractivity contribution >= 4 is 23.2 Å². The standard InChI is InChI=1S/C26H27N3O2/c1-18-9-14-24(17-19(18)2)27-25(30)15-16-26(31)29-28-20(3)21-10-12-23(13-11-21)22-7-5-4-6-8-22/h4-14,17H,15-16H2,1-3H3,(H,27,30)(H,29,31)/b28-20+. The number of rotatable bonds is 7. The minimum atomic E-state index is -0.296. The van der Waals surface area contributed by atoms with Crippen molar-refractivity contribution in [1.29, 1.82) is 0 Å². The lowest BCUT2D eigenvalue weighted by Gasteiger charge is -2.08. The molecule has 0 aliphatic heterocycles. The smallest absolute Gasteiger partial charge is 0.240 e. The Morgan fingerprint density at radius 2 is 1.42 bits per heavy atom. The average molecular weight is 414 g/mol. The third kappa shape index (κ3) is 6.37. The first-order chi connectivity index (χ1) is 14.9. The second kappa shape index (κ2) is 10.3. The Kier molecular flexibility index (Phi) is 7.33. The number of benzene rings is 3. The molecule has 0 atom stereocenters. The van der Waals surface area contributed by atoms with Crippen molar-refractivity contribution < 1.29 is 9.59 Å². The summed E-state index contributed by atoms with van der Waals surface area (Å²) in [4.78, 5) is 24.2. The van der Waals surface area contributed by atoms with Crippen LogP contribution in [-0.4, -0.2) is 17.5 Å². The summed E-state index contributed by atoms with van der Waals surface area (Å²) in [5.74, 6) is -0.494. The van der Waals surface area contributed by atoms with Crippen molar-refractivity contribution in [2.45, 2.75) is 33.6 Å². The molecule has 0 fully saturated rings. The fourth-order valence-electron chi connectivity index (χ4n) is 3.07. The molecule has 158 valence electrons. The number of carbonyl (C=O) groups is 2. The number of hydrogen-bond donors (Lipinski definition) is 2. The zero-order chi connectivity index (χ0) is 22.2. The second-order valence-corrected chi connectivity index (χ2v) is 7.52. The summed E-state index contributed by atoms with van der Waals surface area (Å²) in [5.41, 5.74) is 9.44. The van der Waals surface area contributed by atoms with Crippen LogP contribution in [0.5, 0.6) is 0 Å². The van der Waals surface area contributed by atoms with Gasteiger partial charge in [-0.1, -0.05) is 60.7 Å². The molecule has 5 nitrogen and oxygen atoms in total. The van der Waals surface area contributed by atoms with Gasteiger partial charge in [0.1, 0.15) is 0 Å². The van der Waals surface area contributed by atoms with E-state index >= 15 is 0 Å². The second-order valence-electron chi connectivity index (χ2n) is 7.52. The van der Waals surface area contributed by atoms with Gasteiger partial charge in [-0.05, 0) is 60.7 Å². The van der Waals surface area contributed by atoms with Crippen LogP contribution in [0.2, 0.25) is 0 Å². The Morgan fingerprint density at radius 1 is 0.774 bits per heavy atom. The largest absolute Gasteiger partial charge is 0.326 e. The minimum Gasteiger partial charge on any atom is -0.326 e. The minimum absolute atomic E-state index is 0.0698. The maximum atomic E-state index is 12.1. The van der Waals surface area contributed by atoms with Crippen molar-refractivity contribution in [2.75, 3.05) is 5.32 Å². The molecule has 0 bridgehead atoms. The molecule has 31 heavy (non-hydrogen) atoms. The van der Waals surface area contributed by atoms with E-state index < -0.39 is 0 Å². The van der Waals surface area contributed by atoms with Crippen LogP contribution in [0.25, 0.3) is 11.1 Å². The predicted molar refractivity (Wildman–Crippen MR) is 126 cm³/mol. The van der Waals surface area contributed by atoms with E-state index in [-0.39, 0.29) is 24.7 Å². The predicted octanol–water partition coefficient (Wildman–Crippen LogP) is 5.23. The zero-order valence-electron chi connectivity index (χ0n) is 18.1. The normalized spacial score (nSPS) is 11.1. The van der Waals surface area contributed by atoms with Gasteiger partial charge in [-0.15, -0.1) is 0 Å². The van der Waals surface area contributed by atoms with Crippen LogP contribution in [0.1, 0.15) is 36.5 Å². The molecular weight excluding hydrogens is 386 g/mol. The Bertz CT molecular complexity index is 1090. The van der Waals surface area contributed by atoms with Gasteiger partial charge in [0.05, 0.1) is 5.71 Å². The van der Waals surface area contributed by atoms with E-state index in [1.165, 1.54) is 5.56 Å². The van der Waals surface area contributed by atoms with E-state index in [9.17, 15) is 9.59 Å². The first-order valence-electron chi connectivity index (χ1n) is 10.3. The number of amides is 2. The Morgan fingerprint density at radius 3 is 2.10 bits per heavy atom. The molecule has 0 aliphatic rings. The van der Waals surface area contributed by atoms with Gasteiger partial charge in [0.25, 0.3) is 0 Å². The van der Waals surface area contributed by atoms with Crippen LogP contribution >= 0.6 is 0 Å². The summed E-state index contributed by atoms with van der Waals surface area (Å²) < 4.78 is 0. The molecule has 2 amide bonds. The molecule has 0 heterocycles. The number of anilines is 1. The lowest BCUT2D eigenvalue weighted by atomic mass is 10.0. The van der Waals surface area contributed by atoms with Crippen LogP contribution in [0.15, 0.2) is 77.9 Å². The number of aryl methyl sites for hydroxylation is 2. The fraction of sp³-hybridized carbons (Fsp3) is 0.192. The summed E-state index contributed by atoms with van der Waals surface area (Å²) in [5, 5.41) is 6.99. The molecule has 5 heteroatoms. The molecule has 0 aromatic heterocycles. The molecular formula is C26H27N3O2. The van der Waals surface area contributed by atoms with Gasteiger partial charge in [0, 0.05) is 18.5 Å². The molecule has 0 spiro atoms. The van der Waals surface area contributed by atoms with Gasteiger partial charge < -0.3 is 5.32 Å². The first kappa shape index (κ1) is 22.0. The van der Waals surface area contributed by atoms with Gasteiger partial charge in [0.15, 0.2) is 0 Å². The topological polar surface area (TPSA) is 70.6 Å². The van der Waals surface area contributed by atoms with Gasteiger partial charge in [-0.3, -0.25) is 9.59 Å². The summed E-state index contributed by atoms with van der Waals surface area (Å²) in [6.07, 6.45) is 0.166. The van der Waals surface area contributed by atoms with Crippen LogP contribution in [0.3, 0.4) is 0 Å². The number of nitrogens with zero attached hydrogens (tertiary/aromatic N) is 1. The average Bonchev–Trinajstić information content (AvgIpc) is 2.79. The summed E-state index contributed by atoms with van der Waals surface area (Å²) >= 11 is 0. The molecule has 2 N–H and O–H groups in total. The number of nitrogens with one attached hydrogen (secondary N) is 2. The van der Waals surface area contributed by atoms with Gasteiger partial charge in [-0.25, -0.2) is 5.43 Å². The Hall–Kier alpha value is -3.73. The highest BCUT2D eigenvalue weighted by Crippen LogP contribution is 2.19. The van der Waals surface area contributed by atoms with E-state index in [1.54, 1.807) is 0 Å². The Labute approximate surface area is 183 Å². The molecule has 3 aromatic carbocycles. The molecule has 3 rings (SSSR count). The third-order valence-electron chi connectivity index (χ3n) is 5.13. The van der Waals surface area contributed by atoms with Gasteiger partial charge in [-0.2, -0.15) is 5.10 Å². The third-order valence-corrected chi connectivity index (χ3v) is 5.13. The molecule has 0 saturated heterocycles. The van der Waals surface area contributed by atoms with E-state index in [0.29, 0.717) is 5.71 Å². The quantitative estimate of drug-likeness (QED) is 0.411. The SMILES string of the molecule is C/C(=N\NC(=O)CCC(=O)Nc1ccc(C)c(C)c1)c1ccc(-c2ccccc2)cc1. The van der Waals surface area contributed by atoms with Crippen LogP contribution < -0.4 is 10.7 Å². The van der Waals surface area contributed by atoms with E-state index in [4.69, 9.17) is 0 Å². The lowest BCUT2D eigenvalue weighted by Crippen LogP contribution is -2.21. The molecule has 0 radical (unpaired) electrons. The van der Waals surface area contributed by atoms with Crippen molar-refractivity contribution in [2.24, 2.45) is 5.10 Å².